The standard InChI is InChI=1S/C14H20N2O4S/c1-10(19-3)13(17)16-9-21-8-12(16)14(18)15(2)7-11-5-4-6-20-11/h4-6,10,12H,7-9H2,1-3H3/t10-,12-/m1/s1. The van der Waals surface area contributed by atoms with Gasteiger partial charge in [-0.3, -0.25) is 9.59 Å². The number of carbonyl (C=O) groups excluding carboxylic acids is 2. The van der Waals surface area contributed by atoms with Gasteiger partial charge in [0.1, 0.15) is 17.9 Å². The number of hydrogen-bond acceptors (Lipinski definition) is 5. The summed E-state index contributed by atoms with van der Waals surface area (Å²) in [6, 6.07) is 3.18. The van der Waals surface area contributed by atoms with E-state index in [1.54, 1.807) is 47.9 Å². The molecule has 0 radical (unpaired) electrons. The lowest BCUT2D eigenvalue weighted by Crippen LogP contribution is -2.50. The monoisotopic (exact) mass is 312 g/mol. The highest BCUT2D eigenvalue weighted by Crippen LogP contribution is 2.24. The summed E-state index contributed by atoms with van der Waals surface area (Å²) in [5.74, 6) is 1.64. The van der Waals surface area contributed by atoms with E-state index in [4.69, 9.17) is 9.15 Å². The van der Waals surface area contributed by atoms with E-state index in [1.807, 2.05) is 6.07 Å². The lowest BCUT2D eigenvalue weighted by molar-refractivity contribution is -0.148. The molecular weight excluding hydrogens is 292 g/mol. The number of furan rings is 1. The molecule has 0 aromatic carbocycles. The lowest BCUT2D eigenvalue weighted by Gasteiger charge is -2.28. The molecular formula is C14H20N2O4S. The topological polar surface area (TPSA) is 63.0 Å². The second-order valence-corrected chi connectivity index (χ2v) is 5.98. The minimum absolute atomic E-state index is 0.0759. The first-order valence-corrected chi connectivity index (χ1v) is 7.88. The first-order chi connectivity index (χ1) is 10.0. The van der Waals surface area contributed by atoms with Crippen LogP contribution in [0.1, 0.15) is 12.7 Å². The van der Waals surface area contributed by atoms with Crippen LogP contribution >= 0.6 is 11.8 Å². The number of ether oxygens (including phenoxy) is 1. The highest BCUT2D eigenvalue weighted by atomic mass is 32.2. The van der Waals surface area contributed by atoms with Gasteiger partial charge in [-0.15, -0.1) is 11.8 Å². The molecule has 1 aromatic heterocycles. The average molecular weight is 312 g/mol. The maximum Gasteiger partial charge on any atom is 0.252 e. The smallest absolute Gasteiger partial charge is 0.252 e. The van der Waals surface area contributed by atoms with E-state index < -0.39 is 12.1 Å². The SMILES string of the molecule is CO[C@H](C)C(=O)N1CSC[C@@H]1C(=O)N(C)Cc1ccco1. The van der Waals surface area contributed by atoms with Gasteiger partial charge in [0.15, 0.2) is 0 Å². The first kappa shape index (κ1) is 15.9. The fraction of sp³-hybridized carbons (Fsp3) is 0.571. The largest absolute Gasteiger partial charge is 0.467 e. The molecule has 1 aliphatic rings. The number of nitrogens with zero attached hydrogens (tertiary/aromatic N) is 2. The maximum atomic E-state index is 12.5. The fourth-order valence-corrected chi connectivity index (χ4v) is 3.32. The molecule has 2 amide bonds. The quantitative estimate of drug-likeness (QED) is 0.817. The highest BCUT2D eigenvalue weighted by molar-refractivity contribution is 7.99. The Morgan fingerprint density at radius 1 is 1.62 bits per heavy atom. The van der Waals surface area contributed by atoms with Crippen molar-refractivity contribution in [1.82, 2.24) is 9.80 Å². The van der Waals surface area contributed by atoms with Crippen LogP contribution in [0.15, 0.2) is 22.8 Å². The van der Waals surface area contributed by atoms with Crippen LogP contribution in [0.4, 0.5) is 0 Å². The van der Waals surface area contributed by atoms with Gasteiger partial charge in [0.2, 0.25) is 5.91 Å². The Labute approximate surface area is 128 Å². The Kier molecular flexibility index (Phi) is 5.30. The zero-order valence-electron chi connectivity index (χ0n) is 12.4. The second kappa shape index (κ2) is 7.00. The lowest BCUT2D eigenvalue weighted by atomic mass is 10.2. The number of hydrogen-bond donors (Lipinski definition) is 0. The summed E-state index contributed by atoms with van der Waals surface area (Å²) in [6.07, 6.45) is 1.05. The molecule has 1 saturated heterocycles. The predicted octanol–water partition coefficient (Wildman–Crippen LogP) is 1.17. The van der Waals surface area contributed by atoms with Gasteiger partial charge < -0.3 is 19.0 Å². The molecule has 0 N–H and O–H groups in total. The summed E-state index contributed by atoms with van der Waals surface area (Å²) >= 11 is 1.58. The van der Waals surface area contributed by atoms with E-state index in [-0.39, 0.29) is 11.8 Å². The van der Waals surface area contributed by atoms with E-state index in [2.05, 4.69) is 0 Å². The summed E-state index contributed by atoms with van der Waals surface area (Å²) in [6.45, 7) is 2.09. The van der Waals surface area contributed by atoms with Crippen LogP contribution in [-0.4, -0.2) is 59.5 Å². The Morgan fingerprint density at radius 2 is 2.38 bits per heavy atom. The number of carbonyl (C=O) groups is 2. The number of amides is 2. The summed E-state index contributed by atoms with van der Waals surface area (Å²) in [7, 11) is 3.21. The predicted molar refractivity (Wildman–Crippen MR) is 79.6 cm³/mol. The Balaban J connectivity index is 2.01. The molecule has 1 aromatic rings. The van der Waals surface area contributed by atoms with Crippen molar-refractivity contribution in [2.45, 2.75) is 25.6 Å². The molecule has 2 rings (SSSR count). The van der Waals surface area contributed by atoms with Crippen LogP contribution in [0.25, 0.3) is 0 Å². The molecule has 1 fully saturated rings. The van der Waals surface area contributed by atoms with Gasteiger partial charge in [-0.2, -0.15) is 0 Å². The summed E-state index contributed by atoms with van der Waals surface area (Å²) < 4.78 is 10.3. The van der Waals surface area contributed by atoms with Gasteiger partial charge in [0.05, 0.1) is 18.7 Å². The third kappa shape index (κ3) is 3.59. The summed E-state index contributed by atoms with van der Waals surface area (Å²) in [5.41, 5.74) is 0. The molecule has 0 aliphatic carbocycles. The molecule has 116 valence electrons. The van der Waals surface area contributed by atoms with Crippen LogP contribution in [0, 0.1) is 0 Å². The molecule has 0 saturated carbocycles. The maximum absolute atomic E-state index is 12.5. The molecule has 0 unspecified atom stereocenters. The molecule has 2 heterocycles. The zero-order valence-corrected chi connectivity index (χ0v) is 13.3. The number of methoxy groups -OCH3 is 1. The fourth-order valence-electron chi connectivity index (χ4n) is 2.17. The van der Waals surface area contributed by atoms with E-state index in [0.29, 0.717) is 18.2 Å². The third-order valence-electron chi connectivity index (χ3n) is 3.50. The van der Waals surface area contributed by atoms with Crippen molar-refractivity contribution in [3.63, 3.8) is 0 Å². The van der Waals surface area contributed by atoms with Crippen LogP contribution in [0.5, 0.6) is 0 Å². The van der Waals surface area contributed by atoms with Crippen molar-refractivity contribution in [2.24, 2.45) is 0 Å². The highest BCUT2D eigenvalue weighted by Gasteiger charge is 2.37. The second-order valence-electron chi connectivity index (χ2n) is 4.98. The molecule has 0 spiro atoms. The molecule has 1 aliphatic heterocycles. The van der Waals surface area contributed by atoms with Crippen LogP contribution in [0.3, 0.4) is 0 Å². The van der Waals surface area contributed by atoms with E-state index in [1.165, 1.54) is 7.11 Å². The summed E-state index contributed by atoms with van der Waals surface area (Å²) in [4.78, 5) is 28.0. The van der Waals surface area contributed by atoms with E-state index >= 15 is 0 Å². The van der Waals surface area contributed by atoms with Crippen LogP contribution in [0.2, 0.25) is 0 Å². The molecule has 2 atom stereocenters. The molecule has 21 heavy (non-hydrogen) atoms. The normalized spacial score (nSPS) is 19.6. The number of likely N-dealkylation sites (N-methyl/N-ethyl adjacent to an activating group) is 1. The number of rotatable bonds is 5. The zero-order chi connectivity index (χ0) is 15.4. The summed E-state index contributed by atoms with van der Waals surface area (Å²) in [5, 5.41) is 0. The van der Waals surface area contributed by atoms with Crippen molar-refractivity contribution in [3.05, 3.63) is 24.2 Å². The average Bonchev–Trinajstić information content (AvgIpc) is 3.15. The molecule has 7 heteroatoms. The van der Waals surface area contributed by atoms with Gasteiger partial charge in [0.25, 0.3) is 5.91 Å². The number of thioether (sulfide) groups is 1. The van der Waals surface area contributed by atoms with Gasteiger partial charge in [-0.1, -0.05) is 0 Å². The Bertz CT molecular complexity index is 491. The van der Waals surface area contributed by atoms with Crippen molar-refractivity contribution in [3.8, 4) is 0 Å². The van der Waals surface area contributed by atoms with Crippen molar-refractivity contribution < 1.29 is 18.7 Å². The third-order valence-corrected chi connectivity index (χ3v) is 4.51. The molecule has 6 nitrogen and oxygen atoms in total. The minimum Gasteiger partial charge on any atom is -0.467 e. The Morgan fingerprint density at radius 3 is 3.00 bits per heavy atom. The van der Waals surface area contributed by atoms with E-state index in [0.717, 1.165) is 5.76 Å². The van der Waals surface area contributed by atoms with Gasteiger partial charge in [-0.25, -0.2) is 0 Å². The van der Waals surface area contributed by atoms with E-state index in [9.17, 15) is 9.59 Å². The van der Waals surface area contributed by atoms with Gasteiger partial charge >= 0.3 is 0 Å². The molecule has 0 bridgehead atoms. The van der Waals surface area contributed by atoms with Crippen molar-refractivity contribution >= 4 is 23.6 Å². The van der Waals surface area contributed by atoms with Crippen LogP contribution in [-0.2, 0) is 20.9 Å². The van der Waals surface area contributed by atoms with Crippen molar-refractivity contribution in [2.75, 3.05) is 25.8 Å². The van der Waals surface area contributed by atoms with Crippen LogP contribution < -0.4 is 0 Å². The minimum atomic E-state index is -0.533. The van der Waals surface area contributed by atoms with Gasteiger partial charge in [-0.05, 0) is 19.1 Å². The first-order valence-electron chi connectivity index (χ1n) is 6.73. The Hall–Kier alpha value is -1.47. The van der Waals surface area contributed by atoms with Gasteiger partial charge in [0, 0.05) is 19.9 Å². The van der Waals surface area contributed by atoms with Crippen molar-refractivity contribution in [1.29, 1.82) is 0 Å².